The van der Waals surface area contributed by atoms with Crippen LogP contribution in [0, 0.1) is 27.7 Å². The summed E-state index contributed by atoms with van der Waals surface area (Å²) < 4.78 is 12.1. The van der Waals surface area contributed by atoms with E-state index in [1.165, 1.54) is 77.9 Å². The zero-order valence-corrected chi connectivity index (χ0v) is 28.4. The van der Waals surface area contributed by atoms with Crippen LogP contribution in [0.2, 0.25) is 12.1 Å². The molecule has 2 nitrogen and oxygen atoms in total. The molecule has 2 atom stereocenters. The summed E-state index contributed by atoms with van der Waals surface area (Å²) in [6.45, 7) is 9.05. The number of rotatable bonds is 8. The molecule has 6 aromatic rings. The Balaban J connectivity index is 1.17. The molecule has 2 unspecified atom stereocenters. The van der Waals surface area contributed by atoms with Gasteiger partial charge in [0.15, 0.2) is 0 Å². The first kappa shape index (κ1) is 29.5. The second-order valence-electron chi connectivity index (χ2n) is 13.0. The second-order valence-corrected chi connectivity index (χ2v) is 14.4. The highest BCUT2D eigenvalue weighted by atomic mass is 28.2. The van der Waals surface area contributed by atoms with Crippen LogP contribution in [0.4, 0.5) is 0 Å². The fraction of sp³-hybridized carbons (Fsp3) is 0.182. The van der Waals surface area contributed by atoms with Crippen LogP contribution in [0.3, 0.4) is 0 Å². The van der Waals surface area contributed by atoms with Crippen molar-refractivity contribution in [2.45, 2.75) is 51.6 Å². The molecule has 0 fully saturated rings. The third kappa shape index (κ3) is 5.10. The first-order valence-electron chi connectivity index (χ1n) is 16.6. The van der Waals surface area contributed by atoms with Crippen LogP contribution < -0.4 is 0 Å². The summed E-state index contributed by atoms with van der Waals surface area (Å²) in [6.07, 6.45) is 8.43. The molecule has 2 aliphatic carbocycles. The summed E-state index contributed by atoms with van der Waals surface area (Å²) in [4.78, 5) is 0. The molecule has 230 valence electrons. The quantitative estimate of drug-likeness (QED) is 0.157. The lowest BCUT2D eigenvalue weighted by atomic mass is 9.87. The smallest absolute Gasteiger partial charge is 0.130 e. The van der Waals surface area contributed by atoms with E-state index in [0.717, 1.165) is 33.1 Å². The van der Waals surface area contributed by atoms with Crippen LogP contribution >= 0.6 is 0 Å². The maximum absolute atomic E-state index is 6.07. The Morgan fingerprint density at radius 1 is 0.532 bits per heavy atom. The molecule has 0 saturated heterocycles. The van der Waals surface area contributed by atoms with E-state index in [2.05, 4.69) is 125 Å². The number of aryl methyl sites for hydroxylation is 2. The SMILES string of the molecule is Cc1cc2c(c(-c3ccccc3)c1C)C=C(c1ccco1)C2C[Si]CC1C(c2ccco2)=Cc2c1cc(C)c(C)c2-c1ccccc1. The molecule has 47 heavy (non-hydrogen) atoms. The average molecular weight is 627 g/mol. The highest BCUT2D eigenvalue weighted by Crippen LogP contribution is 2.52. The summed E-state index contributed by atoms with van der Waals surface area (Å²) >= 11 is 0. The van der Waals surface area contributed by atoms with Crippen molar-refractivity contribution in [2.24, 2.45) is 0 Å². The molecule has 2 aromatic heterocycles. The number of fused-ring (bicyclic) bond motifs is 2. The summed E-state index contributed by atoms with van der Waals surface area (Å²) in [5.74, 6) is 2.53. The lowest BCUT2D eigenvalue weighted by molar-refractivity contribution is 0.549. The molecule has 0 bridgehead atoms. The number of benzene rings is 4. The maximum atomic E-state index is 6.07. The number of allylic oxidation sites excluding steroid dienone is 2. The third-order valence-corrected chi connectivity index (χ3v) is 11.8. The summed E-state index contributed by atoms with van der Waals surface area (Å²) in [5, 5.41) is 0. The molecule has 0 aliphatic heterocycles. The minimum atomic E-state index is 0.285. The molecule has 3 heteroatoms. The largest absolute Gasteiger partial charge is 0.465 e. The molecule has 0 spiro atoms. The topological polar surface area (TPSA) is 26.3 Å². The lowest BCUT2D eigenvalue weighted by Crippen LogP contribution is -2.08. The minimum Gasteiger partial charge on any atom is -0.465 e. The van der Waals surface area contributed by atoms with Crippen LogP contribution in [0.5, 0.6) is 0 Å². The molecule has 4 aromatic carbocycles. The van der Waals surface area contributed by atoms with Gasteiger partial charge in [-0.1, -0.05) is 72.8 Å². The summed E-state index contributed by atoms with van der Waals surface area (Å²) in [7, 11) is 0.755. The van der Waals surface area contributed by atoms with Crippen molar-refractivity contribution in [3.63, 3.8) is 0 Å². The van der Waals surface area contributed by atoms with Gasteiger partial charge in [-0.25, -0.2) is 0 Å². The van der Waals surface area contributed by atoms with Crippen LogP contribution in [0.25, 0.3) is 45.6 Å². The van der Waals surface area contributed by atoms with Gasteiger partial charge in [0.2, 0.25) is 0 Å². The second kappa shape index (κ2) is 12.1. The van der Waals surface area contributed by atoms with Crippen LogP contribution in [-0.4, -0.2) is 9.52 Å². The molecule has 2 heterocycles. The van der Waals surface area contributed by atoms with Gasteiger partial charge in [-0.15, -0.1) is 0 Å². The molecule has 8 rings (SSSR count). The predicted octanol–water partition coefficient (Wildman–Crippen LogP) is 12.0. The Morgan fingerprint density at radius 2 is 0.957 bits per heavy atom. The van der Waals surface area contributed by atoms with E-state index >= 15 is 0 Å². The first-order valence-corrected chi connectivity index (χ1v) is 18.0. The number of furan rings is 2. The van der Waals surface area contributed by atoms with Gasteiger partial charge < -0.3 is 8.83 Å². The van der Waals surface area contributed by atoms with Gasteiger partial charge >= 0.3 is 0 Å². The van der Waals surface area contributed by atoms with Gasteiger partial charge in [-0.3, -0.25) is 0 Å². The van der Waals surface area contributed by atoms with Gasteiger partial charge in [0.05, 0.1) is 12.5 Å². The van der Waals surface area contributed by atoms with Crippen molar-refractivity contribution in [2.75, 3.05) is 0 Å². The Hall–Kier alpha value is -4.86. The van der Waals surface area contributed by atoms with E-state index in [1.807, 2.05) is 12.1 Å². The van der Waals surface area contributed by atoms with Crippen LogP contribution in [-0.2, 0) is 0 Å². The Labute approximate surface area is 280 Å². The molecule has 2 aliphatic rings. The Bertz CT molecular complexity index is 1980. The summed E-state index contributed by atoms with van der Waals surface area (Å²) in [5.41, 5.74) is 18.8. The predicted molar refractivity (Wildman–Crippen MR) is 197 cm³/mol. The van der Waals surface area contributed by atoms with E-state index in [4.69, 9.17) is 8.83 Å². The Kier molecular flexibility index (Phi) is 7.58. The van der Waals surface area contributed by atoms with E-state index in [1.54, 1.807) is 12.5 Å². The zero-order valence-electron chi connectivity index (χ0n) is 27.4. The number of hydrogen-bond acceptors (Lipinski definition) is 2. The van der Waals surface area contributed by atoms with E-state index in [0.29, 0.717) is 0 Å². The van der Waals surface area contributed by atoms with Crippen LogP contribution in [0.1, 0.15) is 67.9 Å². The third-order valence-electron chi connectivity index (χ3n) is 10.4. The van der Waals surface area contributed by atoms with Crippen molar-refractivity contribution >= 4 is 32.8 Å². The monoisotopic (exact) mass is 626 g/mol. The maximum Gasteiger partial charge on any atom is 0.130 e. The molecular formula is C44H38O2Si. The fourth-order valence-corrected chi connectivity index (χ4v) is 9.42. The molecule has 0 N–H and O–H groups in total. The summed E-state index contributed by atoms with van der Waals surface area (Å²) in [6, 6.07) is 37.0. The van der Waals surface area contributed by atoms with Crippen molar-refractivity contribution < 1.29 is 8.83 Å². The van der Waals surface area contributed by atoms with E-state index in [-0.39, 0.29) is 11.8 Å². The van der Waals surface area contributed by atoms with Crippen LogP contribution in [0.15, 0.2) is 118 Å². The lowest BCUT2D eigenvalue weighted by Gasteiger charge is -2.22. The number of hydrogen-bond donors (Lipinski definition) is 0. The van der Waals surface area contributed by atoms with Crippen molar-refractivity contribution in [3.05, 3.63) is 166 Å². The van der Waals surface area contributed by atoms with Gasteiger partial charge in [0, 0.05) is 32.5 Å². The highest BCUT2D eigenvalue weighted by Gasteiger charge is 2.34. The van der Waals surface area contributed by atoms with E-state index in [9.17, 15) is 0 Å². The van der Waals surface area contributed by atoms with Gasteiger partial charge in [-0.2, -0.15) is 0 Å². The standard InChI is InChI=1S/C44H38O2Si/c1-27-21-33-37(43(29(27)3)31-13-7-5-8-14-31)23-35(41-17-11-19-45-41)39(33)25-47-26-40-34-22-28(2)30(4)44(32-15-9-6-10-16-32)38(34)24-36(40)42-18-12-20-46-42/h5-24,39-40H,25-26H2,1-4H3. The van der Waals surface area contributed by atoms with E-state index < -0.39 is 0 Å². The zero-order chi connectivity index (χ0) is 32.1. The molecule has 0 saturated carbocycles. The van der Waals surface area contributed by atoms with Crippen molar-refractivity contribution in [1.82, 2.24) is 0 Å². The highest BCUT2D eigenvalue weighted by molar-refractivity contribution is 6.37. The first-order chi connectivity index (χ1) is 23.0. The van der Waals surface area contributed by atoms with Gasteiger partial charge in [0.25, 0.3) is 0 Å². The van der Waals surface area contributed by atoms with Crippen molar-refractivity contribution in [3.8, 4) is 22.3 Å². The molecule has 2 radical (unpaired) electrons. The minimum absolute atomic E-state index is 0.285. The van der Waals surface area contributed by atoms with Gasteiger partial charge in [0.1, 0.15) is 11.5 Å². The molecule has 0 amide bonds. The fourth-order valence-electron chi connectivity index (χ4n) is 7.80. The van der Waals surface area contributed by atoms with Gasteiger partial charge in [-0.05, 0) is 143 Å². The average Bonchev–Trinajstić information content (AvgIpc) is 3.91. The Morgan fingerprint density at radius 3 is 1.34 bits per heavy atom. The molecular weight excluding hydrogens is 589 g/mol. The van der Waals surface area contributed by atoms with Crippen molar-refractivity contribution in [1.29, 1.82) is 0 Å². The normalized spacial score (nSPS) is 16.6.